The summed E-state index contributed by atoms with van der Waals surface area (Å²) in [5.74, 6) is -0.782. The van der Waals surface area contributed by atoms with Crippen LogP contribution in [0.5, 0.6) is 0 Å². The van der Waals surface area contributed by atoms with Crippen LogP contribution in [-0.4, -0.2) is 40.8 Å². The van der Waals surface area contributed by atoms with Gasteiger partial charge >= 0.3 is 6.03 Å². The lowest BCUT2D eigenvalue weighted by Crippen LogP contribution is -2.45. The highest BCUT2D eigenvalue weighted by Crippen LogP contribution is 2.32. The third-order valence-corrected chi connectivity index (χ3v) is 4.70. The first-order chi connectivity index (χ1) is 13.1. The summed E-state index contributed by atoms with van der Waals surface area (Å²) in [5, 5.41) is 5.50. The lowest BCUT2D eigenvalue weighted by atomic mass is 9.87. The SMILES string of the molecule is CCC1(c2ccccc2)NC(=O)N(CC(=O)NCCc2ccccn2)C1=O. The number of nitrogens with zero attached hydrogens (tertiary/aromatic N) is 2. The van der Waals surface area contributed by atoms with Crippen LogP contribution in [0, 0.1) is 0 Å². The first-order valence-electron chi connectivity index (χ1n) is 8.93. The van der Waals surface area contributed by atoms with Gasteiger partial charge in [-0.3, -0.25) is 19.5 Å². The Bertz CT molecular complexity index is 826. The number of amides is 4. The predicted molar refractivity (Wildman–Crippen MR) is 99.6 cm³/mol. The number of carbonyl (C=O) groups is 3. The molecule has 2 N–H and O–H groups in total. The van der Waals surface area contributed by atoms with E-state index in [9.17, 15) is 14.4 Å². The number of urea groups is 1. The van der Waals surface area contributed by atoms with Gasteiger partial charge in [0, 0.05) is 24.9 Å². The number of hydrogen-bond donors (Lipinski definition) is 2. The largest absolute Gasteiger partial charge is 0.354 e. The number of pyridine rings is 1. The van der Waals surface area contributed by atoms with Crippen molar-refractivity contribution in [2.24, 2.45) is 0 Å². The molecule has 3 rings (SSSR count). The van der Waals surface area contributed by atoms with E-state index in [-0.39, 0.29) is 12.5 Å². The molecular weight excluding hydrogens is 344 g/mol. The summed E-state index contributed by atoms with van der Waals surface area (Å²) in [7, 11) is 0. The quantitative estimate of drug-likeness (QED) is 0.728. The molecule has 140 valence electrons. The maximum Gasteiger partial charge on any atom is 0.325 e. The average Bonchev–Trinajstić information content (AvgIpc) is 2.94. The molecule has 1 aromatic heterocycles. The van der Waals surface area contributed by atoms with Crippen molar-refractivity contribution in [3.8, 4) is 0 Å². The molecule has 1 aliphatic heterocycles. The second kappa shape index (κ2) is 7.99. The topological polar surface area (TPSA) is 91.4 Å². The molecule has 0 aliphatic carbocycles. The Hall–Kier alpha value is -3.22. The fourth-order valence-electron chi connectivity index (χ4n) is 3.21. The maximum absolute atomic E-state index is 13.0. The maximum atomic E-state index is 13.0. The van der Waals surface area contributed by atoms with Gasteiger partial charge in [-0.25, -0.2) is 4.79 Å². The summed E-state index contributed by atoms with van der Waals surface area (Å²) in [6, 6.07) is 14.1. The molecule has 0 bridgehead atoms. The summed E-state index contributed by atoms with van der Waals surface area (Å²) < 4.78 is 0. The van der Waals surface area contributed by atoms with Crippen LogP contribution in [0.15, 0.2) is 54.7 Å². The first-order valence-corrected chi connectivity index (χ1v) is 8.93. The van der Waals surface area contributed by atoms with Gasteiger partial charge in [-0.05, 0) is 24.1 Å². The van der Waals surface area contributed by atoms with Gasteiger partial charge in [0.15, 0.2) is 0 Å². The Balaban J connectivity index is 1.62. The summed E-state index contributed by atoms with van der Waals surface area (Å²) in [5.41, 5.74) is 0.456. The molecule has 2 aromatic rings. The Labute approximate surface area is 157 Å². The van der Waals surface area contributed by atoms with Crippen LogP contribution in [0.2, 0.25) is 0 Å². The fraction of sp³-hybridized carbons (Fsp3) is 0.300. The predicted octanol–water partition coefficient (Wildman–Crippen LogP) is 1.60. The molecule has 0 saturated carbocycles. The van der Waals surface area contributed by atoms with Gasteiger partial charge in [-0.1, -0.05) is 43.3 Å². The summed E-state index contributed by atoms with van der Waals surface area (Å²) >= 11 is 0. The van der Waals surface area contributed by atoms with E-state index in [0.29, 0.717) is 24.9 Å². The van der Waals surface area contributed by atoms with Crippen molar-refractivity contribution in [2.75, 3.05) is 13.1 Å². The van der Waals surface area contributed by atoms with Gasteiger partial charge in [0.05, 0.1) is 0 Å². The summed E-state index contributed by atoms with van der Waals surface area (Å²) in [6.45, 7) is 1.92. The second-order valence-electron chi connectivity index (χ2n) is 6.37. The summed E-state index contributed by atoms with van der Waals surface area (Å²) in [4.78, 5) is 42.7. The standard InChI is InChI=1S/C20H22N4O3/c1-2-20(15-8-4-3-5-9-15)18(26)24(19(27)23-20)14-17(25)22-13-11-16-10-6-7-12-21-16/h3-10,12H,2,11,13-14H2,1H3,(H,22,25)(H,23,27). The molecule has 0 spiro atoms. The molecule has 1 fully saturated rings. The highest BCUT2D eigenvalue weighted by atomic mass is 16.2. The van der Waals surface area contributed by atoms with Crippen LogP contribution in [0.25, 0.3) is 0 Å². The van der Waals surface area contributed by atoms with Gasteiger partial charge in [-0.2, -0.15) is 0 Å². The minimum absolute atomic E-state index is 0.304. The Morgan fingerprint density at radius 2 is 1.89 bits per heavy atom. The Morgan fingerprint density at radius 3 is 2.56 bits per heavy atom. The third kappa shape index (κ3) is 3.81. The Kier molecular flexibility index (Phi) is 5.49. The van der Waals surface area contributed by atoms with E-state index in [4.69, 9.17) is 0 Å². The van der Waals surface area contributed by atoms with Crippen LogP contribution < -0.4 is 10.6 Å². The molecule has 7 nitrogen and oxygen atoms in total. The fourth-order valence-corrected chi connectivity index (χ4v) is 3.21. The normalized spacial score (nSPS) is 19.1. The molecule has 0 radical (unpaired) electrons. The van der Waals surface area contributed by atoms with Crippen molar-refractivity contribution in [1.29, 1.82) is 0 Å². The lowest BCUT2D eigenvalue weighted by Gasteiger charge is -2.25. The van der Waals surface area contributed by atoms with Crippen LogP contribution in [0.3, 0.4) is 0 Å². The Morgan fingerprint density at radius 1 is 1.15 bits per heavy atom. The number of nitrogens with one attached hydrogen (secondary N) is 2. The van der Waals surface area contributed by atoms with Crippen molar-refractivity contribution in [3.05, 3.63) is 66.0 Å². The van der Waals surface area contributed by atoms with Gasteiger partial charge < -0.3 is 10.6 Å². The third-order valence-electron chi connectivity index (χ3n) is 4.70. The number of hydrogen-bond acceptors (Lipinski definition) is 4. The zero-order valence-corrected chi connectivity index (χ0v) is 15.1. The molecule has 7 heteroatoms. The van der Waals surface area contributed by atoms with E-state index in [2.05, 4.69) is 15.6 Å². The molecule has 1 aliphatic rings. The van der Waals surface area contributed by atoms with Gasteiger partial charge in [0.2, 0.25) is 5.91 Å². The van der Waals surface area contributed by atoms with E-state index < -0.39 is 17.5 Å². The number of rotatable bonds is 7. The van der Waals surface area contributed by atoms with Crippen LogP contribution >= 0.6 is 0 Å². The molecule has 27 heavy (non-hydrogen) atoms. The zero-order valence-electron chi connectivity index (χ0n) is 15.1. The molecule has 1 aromatic carbocycles. The highest BCUT2D eigenvalue weighted by Gasteiger charge is 2.51. The van der Waals surface area contributed by atoms with E-state index in [1.165, 1.54) is 0 Å². The number of imide groups is 1. The van der Waals surface area contributed by atoms with Crippen LogP contribution in [0.1, 0.15) is 24.6 Å². The van der Waals surface area contributed by atoms with Crippen molar-refractivity contribution in [3.63, 3.8) is 0 Å². The van der Waals surface area contributed by atoms with Crippen molar-refractivity contribution in [1.82, 2.24) is 20.5 Å². The minimum atomic E-state index is -1.12. The van der Waals surface area contributed by atoms with E-state index in [0.717, 1.165) is 10.6 Å². The zero-order chi connectivity index (χ0) is 19.3. The van der Waals surface area contributed by atoms with E-state index in [1.54, 1.807) is 18.3 Å². The molecule has 2 heterocycles. The van der Waals surface area contributed by atoms with Crippen LogP contribution in [-0.2, 0) is 21.5 Å². The van der Waals surface area contributed by atoms with Crippen LogP contribution in [0.4, 0.5) is 4.79 Å². The van der Waals surface area contributed by atoms with Gasteiger partial charge in [0.1, 0.15) is 12.1 Å². The van der Waals surface area contributed by atoms with Crippen molar-refractivity contribution < 1.29 is 14.4 Å². The second-order valence-corrected chi connectivity index (χ2v) is 6.37. The smallest absolute Gasteiger partial charge is 0.325 e. The molecule has 1 unspecified atom stereocenters. The first kappa shape index (κ1) is 18.6. The number of carbonyl (C=O) groups excluding carboxylic acids is 3. The number of benzene rings is 1. The lowest BCUT2D eigenvalue weighted by molar-refractivity contribution is -0.135. The van der Waals surface area contributed by atoms with Crippen molar-refractivity contribution >= 4 is 17.8 Å². The summed E-state index contributed by atoms with van der Waals surface area (Å²) in [6.07, 6.45) is 2.67. The molecule has 4 amide bonds. The van der Waals surface area contributed by atoms with E-state index >= 15 is 0 Å². The highest BCUT2D eigenvalue weighted by molar-refractivity contribution is 6.09. The monoisotopic (exact) mass is 366 g/mol. The number of aromatic nitrogens is 1. The van der Waals surface area contributed by atoms with Gasteiger partial charge in [0.25, 0.3) is 5.91 Å². The minimum Gasteiger partial charge on any atom is -0.354 e. The van der Waals surface area contributed by atoms with E-state index in [1.807, 2.05) is 43.3 Å². The average molecular weight is 366 g/mol. The molecular formula is C20H22N4O3. The molecule has 1 saturated heterocycles. The molecule has 1 atom stereocenters. The van der Waals surface area contributed by atoms with Crippen molar-refractivity contribution in [2.45, 2.75) is 25.3 Å². The van der Waals surface area contributed by atoms with Gasteiger partial charge in [-0.15, -0.1) is 0 Å².